The molecule has 116 valence electrons. The lowest BCUT2D eigenvalue weighted by atomic mass is 9.78. The minimum Gasteiger partial charge on any atom is -0.375 e. The summed E-state index contributed by atoms with van der Waals surface area (Å²) in [4.78, 5) is 0. The van der Waals surface area contributed by atoms with Gasteiger partial charge in [0.05, 0.1) is 5.60 Å². The Morgan fingerprint density at radius 1 is 1.29 bits per heavy atom. The quantitative estimate of drug-likeness (QED) is 0.729. The van der Waals surface area contributed by atoms with Crippen molar-refractivity contribution in [1.82, 2.24) is 5.32 Å². The van der Waals surface area contributed by atoms with Crippen molar-refractivity contribution in [2.75, 3.05) is 13.7 Å². The van der Waals surface area contributed by atoms with Crippen LogP contribution in [0.4, 0.5) is 0 Å². The topological polar surface area (TPSA) is 21.3 Å². The molecule has 2 aliphatic rings. The van der Waals surface area contributed by atoms with Crippen LogP contribution < -0.4 is 5.32 Å². The van der Waals surface area contributed by atoms with Crippen molar-refractivity contribution in [3.8, 4) is 0 Å². The number of hydrogen-bond donors (Lipinski definition) is 1. The van der Waals surface area contributed by atoms with Crippen LogP contribution in [-0.4, -0.2) is 19.3 Å². The van der Waals surface area contributed by atoms with Crippen molar-refractivity contribution in [3.05, 3.63) is 32.7 Å². The van der Waals surface area contributed by atoms with Gasteiger partial charge in [-0.15, -0.1) is 0 Å². The molecule has 2 fully saturated rings. The van der Waals surface area contributed by atoms with Crippen molar-refractivity contribution in [1.29, 1.82) is 0 Å². The summed E-state index contributed by atoms with van der Waals surface area (Å²) in [6.07, 6.45) is 7.51. The van der Waals surface area contributed by atoms with E-state index in [2.05, 4.69) is 62.4 Å². The lowest BCUT2D eigenvalue weighted by Crippen LogP contribution is -2.41. The van der Waals surface area contributed by atoms with Gasteiger partial charge in [0.1, 0.15) is 0 Å². The van der Waals surface area contributed by atoms with Crippen LogP contribution in [0.1, 0.15) is 50.1 Å². The highest BCUT2D eigenvalue weighted by Crippen LogP contribution is 2.46. The fourth-order valence-corrected chi connectivity index (χ4v) is 5.41. The van der Waals surface area contributed by atoms with E-state index in [1.807, 2.05) is 0 Å². The zero-order valence-electron chi connectivity index (χ0n) is 12.5. The molecular formula is C17H23Br2NO. The monoisotopic (exact) mass is 415 g/mol. The van der Waals surface area contributed by atoms with E-state index < -0.39 is 0 Å². The van der Waals surface area contributed by atoms with Crippen molar-refractivity contribution in [2.45, 2.75) is 50.2 Å². The van der Waals surface area contributed by atoms with Crippen LogP contribution in [0.25, 0.3) is 0 Å². The van der Waals surface area contributed by atoms with E-state index in [9.17, 15) is 0 Å². The normalized spacial score (nSPS) is 26.1. The Kier molecular flexibility index (Phi) is 5.09. The molecule has 0 aromatic heterocycles. The maximum atomic E-state index is 6.19. The molecule has 0 bridgehead atoms. The first-order chi connectivity index (χ1) is 10.1. The van der Waals surface area contributed by atoms with Crippen LogP contribution in [0.2, 0.25) is 0 Å². The molecule has 3 rings (SSSR count). The van der Waals surface area contributed by atoms with Gasteiger partial charge in [-0.2, -0.15) is 0 Å². The third kappa shape index (κ3) is 3.39. The van der Waals surface area contributed by atoms with E-state index in [4.69, 9.17) is 4.74 Å². The second kappa shape index (κ2) is 6.69. The first-order valence-electron chi connectivity index (χ1n) is 7.90. The molecule has 1 aromatic carbocycles. The van der Waals surface area contributed by atoms with Gasteiger partial charge in [-0.25, -0.2) is 0 Å². The molecule has 0 radical (unpaired) electrons. The van der Waals surface area contributed by atoms with Crippen LogP contribution in [0.3, 0.4) is 0 Å². The molecule has 2 unspecified atom stereocenters. The highest BCUT2D eigenvalue weighted by molar-refractivity contribution is 9.11. The second-order valence-corrected chi connectivity index (χ2v) is 8.19. The zero-order chi connectivity index (χ0) is 14.9. The number of ether oxygens (including phenoxy) is 1. The molecule has 1 N–H and O–H groups in total. The zero-order valence-corrected chi connectivity index (χ0v) is 15.7. The fraction of sp³-hybridized carbons (Fsp3) is 0.647. The Hall–Kier alpha value is 0.1000. The van der Waals surface area contributed by atoms with Crippen LogP contribution in [0.5, 0.6) is 0 Å². The Balaban J connectivity index is 1.82. The number of hydrogen-bond acceptors (Lipinski definition) is 2. The molecule has 2 atom stereocenters. The summed E-state index contributed by atoms with van der Waals surface area (Å²) < 4.78 is 8.49. The molecule has 21 heavy (non-hydrogen) atoms. The molecule has 1 heterocycles. The molecular weight excluding hydrogens is 394 g/mol. The van der Waals surface area contributed by atoms with E-state index >= 15 is 0 Å². The molecule has 0 amide bonds. The Bertz CT molecular complexity index is 500. The first-order valence-corrected chi connectivity index (χ1v) is 9.48. The van der Waals surface area contributed by atoms with Crippen molar-refractivity contribution in [2.24, 2.45) is 5.92 Å². The van der Waals surface area contributed by atoms with Gasteiger partial charge in [-0.05, 0) is 56.3 Å². The van der Waals surface area contributed by atoms with Gasteiger partial charge < -0.3 is 10.1 Å². The van der Waals surface area contributed by atoms with Crippen molar-refractivity contribution >= 4 is 31.9 Å². The van der Waals surface area contributed by atoms with Gasteiger partial charge in [-0.1, -0.05) is 50.8 Å². The third-order valence-electron chi connectivity index (χ3n) is 5.13. The maximum Gasteiger partial charge on any atom is 0.0686 e. The van der Waals surface area contributed by atoms with Crippen LogP contribution in [0.15, 0.2) is 27.1 Å². The largest absolute Gasteiger partial charge is 0.375 e. The van der Waals surface area contributed by atoms with Gasteiger partial charge in [0.15, 0.2) is 0 Å². The molecule has 1 aromatic rings. The van der Waals surface area contributed by atoms with E-state index in [0.29, 0.717) is 12.0 Å². The van der Waals surface area contributed by atoms with Gasteiger partial charge >= 0.3 is 0 Å². The van der Waals surface area contributed by atoms with Crippen molar-refractivity contribution < 1.29 is 4.74 Å². The van der Waals surface area contributed by atoms with Crippen LogP contribution in [-0.2, 0) is 4.74 Å². The maximum absolute atomic E-state index is 6.19. The lowest BCUT2D eigenvalue weighted by molar-refractivity contribution is -0.0979. The second-order valence-electron chi connectivity index (χ2n) is 6.42. The van der Waals surface area contributed by atoms with E-state index in [1.165, 1.54) is 42.1 Å². The average molecular weight is 417 g/mol. The highest BCUT2D eigenvalue weighted by atomic mass is 79.9. The number of rotatable bonds is 3. The molecule has 4 heteroatoms. The van der Waals surface area contributed by atoms with E-state index in [0.717, 1.165) is 17.5 Å². The molecule has 1 aliphatic carbocycles. The van der Waals surface area contributed by atoms with Gasteiger partial charge in [-0.3, -0.25) is 0 Å². The SMILES string of the molecule is CNC(c1ccc(Br)cc1Br)C1CCOC2(CCCC2)C1. The Labute approximate surface area is 144 Å². The fourth-order valence-electron chi connectivity index (χ4n) is 4.12. The molecule has 1 aliphatic heterocycles. The Morgan fingerprint density at radius 3 is 2.71 bits per heavy atom. The lowest BCUT2D eigenvalue weighted by Gasteiger charge is -2.41. The average Bonchev–Trinajstić information content (AvgIpc) is 2.90. The summed E-state index contributed by atoms with van der Waals surface area (Å²) in [6.45, 7) is 0.914. The van der Waals surface area contributed by atoms with Gasteiger partial charge in [0.25, 0.3) is 0 Å². The third-order valence-corrected chi connectivity index (χ3v) is 6.31. The highest BCUT2D eigenvalue weighted by Gasteiger charge is 2.42. The predicted molar refractivity (Wildman–Crippen MR) is 93.5 cm³/mol. The summed E-state index contributed by atoms with van der Waals surface area (Å²) in [6, 6.07) is 6.90. The Morgan fingerprint density at radius 2 is 2.05 bits per heavy atom. The number of halogens is 2. The molecule has 1 saturated carbocycles. The van der Waals surface area contributed by atoms with Gasteiger partial charge in [0.2, 0.25) is 0 Å². The van der Waals surface area contributed by atoms with Crippen LogP contribution in [0, 0.1) is 5.92 Å². The summed E-state index contributed by atoms with van der Waals surface area (Å²) in [5.74, 6) is 0.652. The summed E-state index contributed by atoms with van der Waals surface area (Å²) in [5.41, 5.74) is 1.54. The molecule has 1 spiro atoms. The number of benzene rings is 1. The minimum absolute atomic E-state index is 0.180. The van der Waals surface area contributed by atoms with E-state index in [-0.39, 0.29) is 5.60 Å². The van der Waals surface area contributed by atoms with Gasteiger partial charge in [0, 0.05) is 21.6 Å². The molecule has 2 nitrogen and oxygen atoms in total. The van der Waals surface area contributed by atoms with Crippen LogP contribution >= 0.6 is 31.9 Å². The minimum atomic E-state index is 0.180. The summed E-state index contributed by atoms with van der Waals surface area (Å²) >= 11 is 7.27. The summed E-state index contributed by atoms with van der Waals surface area (Å²) in [5, 5.41) is 3.55. The number of nitrogens with one attached hydrogen (secondary N) is 1. The van der Waals surface area contributed by atoms with E-state index in [1.54, 1.807) is 0 Å². The smallest absolute Gasteiger partial charge is 0.0686 e. The first kappa shape index (κ1) is 16.0. The predicted octanol–water partition coefficient (Wildman–Crippen LogP) is 5.21. The molecule has 1 saturated heterocycles. The standard InChI is InChI=1S/C17H23Br2NO/c1-20-16(14-5-4-13(18)10-15(14)19)12-6-9-21-17(11-12)7-2-3-8-17/h4-5,10,12,16,20H,2-3,6-9,11H2,1H3. The van der Waals surface area contributed by atoms with Crippen molar-refractivity contribution in [3.63, 3.8) is 0 Å². The summed E-state index contributed by atoms with van der Waals surface area (Å²) in [7, 11) is 2.08.